The first kappa shape index (κ1) is 38.4. The molecular weight excluding hydrogens is 669 g/mol. The molecule has 6 rings (SSSR count). The standard InChI is InChI=1S/C48H56N2O4/c1-27(2)13-11-15-29(5)17-19-33-23-35(53-9)25-39-37-21-31(7)41(47(51)45(37)49-43(33)39)42-32(8)22-38-40-26-36(54-10)24-34(44(40)50-46(38)48(42)52)20-18-30(6)16-12-14-28(3)4/h13-14,17-18,21-26,49-52H,11-12,15-16,19-20H2,1-10H3/b29-17+,30-18+. The summed E-state index contributed by atoms with van der Waals surface area (Å²) < 4.78 is 11.5. The van der Waals surface area contributed by atoms with E-state index in [4.69, 9.17) is 9.47 Å². The highest BCUT2D eigenvalue weighted by Crippen LogP contribution is 2.49. The topological polar surface area (TPSA) is 90.5 Å². The highest BCUT2D eigenvalue weighted by molar-refractivity contribution is 6.16. The Morgan fingerprint density at radius 2 is 0.907 bits per heavy atom. The average molecular weight is 725 g/mol. The lowest BCUT2D eigenvalue weighted by Gasteiger charge is -2.15. The molecule has 0 radical (unpaired) electrons. The second kappa shape index (κ2) is 15.9. The molecule has 4 N–H and O–H groups in total. The first-order chi connectivity index (χ1) is 25.8. The molecule has 6 nitrogen and oxygen atoms in total. The Hall–Kier alpha value is -5.36. The van der Waals surface area contributed by atoms with Gasteiger partial charge in [-0.05, 0) is 153 Å². The van der Waals surface area contributed by atoms with Gasteiger partial charge in [0, 0.05) is 32.7 Å². The van der Waals surface area contributed by atoms with E-state index in [1.807, 2.05) is 26.0 Å². The normalized spacial score (nSPS) is 12.3. The van der Waals surface area contributed by atoms with Gasteiger partial charge >= 0.3 is 0 Å². The number of phenolic OH excluding ortho intramolecular Hbond substituents is 2. The van der Waals surface area contributed by atoms with Crippen molar-refractivity contribution >= 4 is 43.6 Å². The second-order valence-electron chi connectivity index (χ2n) is 15.5. The Labute approximate surface area is 319 Å². The molecule has 0 atom stereocenters. The fourth-order valence-electron chi connectivity index (χ4n) is 7.73. The van der Waals surface area contributed by atoms with E-state index in [1.165, 1.54) is 22.3 Å². The predicted molar refractivity (Wildman–Crippen MR) is 229 cm³/mol. The van der Waals surface area contributed by atoms with Gasteiger partial charge in [0.1, 0.15) is 23.0 Å². The zero-order valence-corrected chi connectivity index (χ0v) is 33.7. The highest BCUT2D eigenvalue weighted by atomic mass is 16.5. The highest BCUT2D eigenvalue weighted by Gasteiger charge is 2.24. The van der Waals surface area contributed by atoms with Gasteiger partial charge in [0.15, 0.2) is 0 Å². The third-order valence-electron chi connectivity index (χ3n) is 10.7. The van der Waals surface area contributed by atoms with Crippen LogP contribution in [0.2, 0.25) is 0 Å². The lowest BCUT2D eigenvalue weighted by Crippen LogP contribution is -1.91. The summed E-state index contributed by atoms with van der Waals surface area (Å²) in [6, 6.07) is 12.4. The van der Waals surface area contributed by atoms with Crippen molar-refractivity contribution < 1.29 is 19.7 Å². The number of allylic oxidation sites excluding steroid dienone is 8. The summed E-state index contributed by atoms with van der Waals surface area (Å²) in [5.74, 6) is 1.78. The minimum atomic E-state index is 0.115. The summed E-state index contributed by atoms with van der Waals surface area (Å²) >= 11 is 0. The Bertz CT molecular complexity index is 2330. The molecule has 0 amide bonds. The molecule has 0 aliphatic carbocycles. The summed E-state index contributed by atoms with van der Waals surface area (Å²) in [4.78, 5) is 7.18. The van der Waals surface area contributed by atoms with Crippen molar-refractivity contribution in [2.24, 2.45) is 0 Å². The van der Waals surface area contributed by atoms with E-state index in [1.54, 1.807) is 14.2 Å². The largest absolute Gasteiger partial charge is 0.505 e. The van der Waals surface area contributed by atoms with E-state index in [9.17, 15) is 10.2 Å². The number of hydrogen-bond donors (Lipinski definition) is 4. The number of aromatic hydroxyl groups is 2. The maximum Gasteiger partial charge on any atom is 0.147 e. The van der Waals surface area contributed by atoms with Crippen LogP contribution >= 0.6 is 0 Å². The van der Waals surface area contributed by atoms with Crippen LogP contribution in [0.25, 0.3) is 54.7 Å². The van der Waals surface area contributed by atoms with Gasteiger partial charge in [-0.2, -0.15) is 0 Å². The molecule has 0 aliphatic heterocycles. The molecule has 6 aromatic rings. The van der Waals surface area contributed by atoms with Gasteiger partial charge in [0.05, 0.1) is 36.3 Å². The maximum atomic E-state index is 12.1. The monoisotopic (exact) mass is 724 g/mol. The number of fused-ring (bicyclic) bond motifs is 6. The van der Waals surface area contributed by atoms with Crippen LogP contribution in [0.3, 0.4) is 0 Å². The van der Waals surface area contributed by atoms with Crippen LogP contribution in [-0.4, -0.2) is 34.4 Å². The van der Waals surface area contributed by atoms with E-state index < -0.39 is 0 Å². The first-order valence-electron chi connectivity index (χ1n) is 19.1. The number of aryl methyl sites for hydroxylation is 2. The molecule has 0 bridgehead atoms. The molecule has 0 aliphatic rings. The second-order valence-corrected chi connectivity index (χ2v) is 15.5. The molecular formula is C48H56N2O4. The third kappa shape index (κ3) is 7.66. The van der Waals surface area contributed by atoms with E-state index in [2.05, 4.69) is 100 Å². The number of aromatic nitrogens is 2. The molecule has 4 aromatic carbocycles. The molecule has 282 valence electrons. The summed E-state index contributed by atoms with van der Waals surface area (Å²) in [5, 5.41) is 28.1. The number of hydrogen-bond acceptors (Lipinski definition) is 4. The van der Waals surface area contributed by atoms with E-state index >= 15 is 0 Å². The summed E-state index contributed by atoms with van der Waals surface area (Å²) in [6.07, 6.45) is 14.7. The summed E-state index contributed by atoms with van der Waals surface area (Å²) in [5.41, 5.74) is 13.7. The molecule has 0 saturated carbocycles. The Balaban J connectivity index is 1.46. The number of nitrogens with one attached hydrogen (secondary N) is 2. The van der Waals surface area contributed by atoms with Crippen molar-refractivity contribution in [2.75, 3.05) is 14.2 Å². The number of benzene rings is 4. The molecule has 2 heterocycles. The SMILES string of the molecule is COc1cc(C/C=C(\C)CCC=C(C)C)c2[nH]c3c(O)c(-c4c(C)cc5c([nH]c6c(C/C=C(\C)CCC=C(C)C)cc(OC)cc65)c4O)c(C)cc3c2c1. The number of ether oxygens (including phenoxy) is 2. The number of methoxy groups -OCH3 is 2. The van der Waals surface area contributed by atoms with Crippen LogP contribution in [0.4, 0.5) is 0 Å². The minimum Gasteiger partial charge on any atom is -0.505 e. The van der Waals surface area contributed by atoms with Gasteiger partial charge < -0.3 is 29.7 Å². The Kier molecular flexibility index (Phi) is 11.3. The third-order valence-corrected chi connectivity index (χ3v) is 10.7. The van der Waals surface area contributed by atoms with Gasteiger partial charge in [0.25, 0.3) is 0 Å². The fraction of sp³-hybridized carbons (Fsp3) is 0.333. The van der Waals surface area contributed by atoms with Crippen LogP contribution in [-0.2, 0) is 12.8 Å². The molecule has 54 heavy (non-hydrogen) atoms. The van der Waals surface area contributed by atoms with Crippen LogP contribution < -0.4 is 9.47 Å². The first-order valence-corrected chi connectivity index (χ1v) is 19.1. The zero-order chi connectivity index (χ0) is 38.8. The predicted octanol–water partition coefficient (Wildman–Crippen LogP) is 13.1. The minimum absolute atomic E-state index is 0.115. The molecule has 0 unspecified atom stereocenters. The smallest absolute Gasteiger partial charge is 0.147 e. The number of H-pyrrole nitrogens is 2. The van der Waals surface area contributed by atoms with Crippen molar-refractivity contribution in [2.45, 2.75) is 93.9 Å². The molecule has 2 aromatic heterocycles. The van der Waals surface area contributed by atoms with E-state index in [0.29, 0.717) is 22.2 Å². The van der Waals surface area contributed by atoms with E-state index in [0.717, 1.165) is 105 Å². The van der Waals surface area contributed by atoms with Crippen molar-refractivity contribution in [3.8, 4) is 34.1 Å². The number of phenols is 2. The number of aromatic amines is 2. The molecule has 0 spiro atoms. The van der Waals surface area contributed by atoms with Crippen molar-refractivity contribution in [3.05, 3.63) is 105 Å². The van der Waals surface area contributed by atoms with Crippen LogP contribution in [0.15, 0.2) is 83.0 Å². The average Bonchev–Trinajstić information content (AvgIpc) is 3.69. The molecule has 0 fully saturated rings. The molecule has 0 saturated heterocycles. The molecule has 6 heteroatoms. The van der Waals surface area contributed by atoms with E-state index in [-0.39, 0.29) is 11.5 Å². The fourth-order valence-corrected chi connectivity index (χ4v) is 7.73. The van der Waals surface area contributed by atoms with Gasteiger partial charge in [-0.15, -0.1) is 0 Å². The maximum absolute atomic E-state index is 12.1. The Morgan fingerprint density at radius 1 is 0.537 bits per heavy atom. The lowest BCUT2D eigenvalue weighted by molar-refractivity contribution is 0.415. The van der Waals surface area contributed by atoms with Gasteiger partial charge in [-0.1, -0.05) is 46.6 Å². The van der Waals surface area contributed by atoms with Crippen molar-refractivity contribution in [3.63, 3.8) is 0 Å². The summed E-state index contributed by atoms with van der Waals surface area (Å²) in [6.45, 7) is 16.9. The van der Waals surface area contributed by atoms with Gasteiger partial charge in [-0.3, -0.25) is 0 Å². The van der Waals surface area contributed by atoms with Crippen molar-refractivity contribution in [1.82, 2.24) is 9.97 Å². The lowest BCUT2D eigenvalue weighted by atomic mass is 9.91. The van der Waals surface area contributed by atoms with Crippen molar-refractivity contribution in [1.29, 1.82) is 0 Å². The van der Waals surface area contributed by atoms with Gasteiger partial charge in [0.2, 0.25) is 0 Å². The van der Waals surface area contributed by atoms with Gasteiger partial charge in [-0.25, -0.2) is 0 Å². The quantitative estimate of drug-likeness (QED) is 0.0893. The zero-order valence-electron chi connectivity index (χ0n) is 33.7. The van der Waals surface area contributed by atoms with Crippen LogP contribution in [0.1, 0.15) is 89.5 Å². The van der Waals surface area contributed by atoms with Crippen LogP contribution in [0, 0.1) is 13.8 Å². The Morgan fingerprint density at radius 3 is 1.26 bits per heavy atom. The van der Waals surface area contributed by atoms with Crippen LogP contribution in [0.5, 0.6) is 23.0 Å². The summed E-state index contributed by atoms with van der Waals surface area (Å²) in [7, 11) is 3.38. The number of rotatable bonds is 13.